The van der Waals surface area contributed by atoms with Gasteiger partial charge in [-0.1, -0.05) is 30.3 Å². The van der Waals surface area contributed by atoms with Crippen LogP contribution in [0.25, 0.3) is 16.8 Å². The summed E-state index contributed by atoms with van der Waals surface area (Å²) in [5.41, 5.74) is 0. The SMILES string of the molecule is N#CCC/C=C\c1occ2ccccc12. The number of rotatable bonds is 3. The van der Waals surface area contributed by atoms with E-state index in [9.17, 15) is 0 Å². The minimum atomic E-state index is 0.551. The van der Waals surface area contributed by atoms with Crippen molar-refractivity contribution in [3.8, 4) is 6.07 Å². The molecular weight excluding hydrogens is 186 g/mol. The third-order valence-electron chi connectivity index (χ3n) is 2.23. The van der Waals surface area contributed by atoms with Crippen LogP contribution in [0.1, 0.15) is 18.6 Å². The van der Waals surface area contributed by atoms with Crippen molar-refractivity contribution in [2.45, 2.75) is 12.8 Å². The van der Waals surface area contributed by atoms with E-state index in [0.29, 0.717) is 6.42 Å². The predicted molar refractivity (Wildman–Crippen MR) is 60.1 cm³/mol. The Morgan fingerprint density at radius 1 is 1.33 bits per heavy atom. The van der Waals surface area contributed by atoms with Gasteiger partial charge >= 0.3 is 0 Å². The van der Waals surface area contributed by atoms with Gasteiger partial charge in [0.05, 0.1) is 12.3 Å². The van der Waals surface area contributed by atoms with Gasteiger partial charge in [0.25, 0.3) is 0 Å². The van der Waals surface area contributed by atoms with Gasteiger partial charge in [-0.25, -0.2) is 0 Å². The van der Waals surface area contributed by atoms with E-state index < -0.39 is 0 Å². The first kappa shape index (κ1) is 9.54. The Balaban J connectivity index is 2.22. The number of benzene rings is 1. The molecule has 0 N–H and O–H groups in total. The van der Waals surface area contributed by atoms with Crippen molar-refractivity contribution in [1.29, 1.82) is 5.26 Å². The molecule has 0 aliphatic carbocycles. The van der Waals surface area contributed by atoms with Gasteiger partial charge in [0, 0.05) is 17.2 Å². The van der Waals surface area contributed by atoms with E-state index in [4.69, 9.17) is 9.68 Å². The van der Waals surface area contributed by atoms with E-state index in [0.717, 1.165) is 23.0 Å². The number of furan rings is 1. The second-order valence-corrected chi connectivity index (χ2v) is 3.29. The zero-order valence-corrected chi connectivity index (χ0v) is 8.31. The Kier molecular flexibility index (Phi) is 2.85. The maximum absolute atomic E-state index is 8.39. The monoisotopic (exact) mass is 197 g/mol. The van der Waals surface area contributed by atoms with E-state index in [1.54, 1.807) is 6.26 Å². The van der Waals surface area contributed by atoms with Gasteiger partial charge in [-0.15, -0.1) is 0 Å². The highest BCUT2D eigenvalue weighted by Crippen LogP contribution is 2.21. The van der Waals surface area contributed by atoms with Crippen LogP contribution in [0.4, 0.5) is 0 Å². The largest absolute Gasteiger partial charge is 0.464 e. The molecule has 2 rings (SSSR count). The smallest absolute Gasteiger partial charge is 0.134 e. The minimum Gasteiger partial charge on any atom is -0.464 e. The van der Waals surface area contributed by atoms with Gasteiger partial charge in [0.2, 0.25) is 0 Å². The normalized spacial score (nSPS) is 10.9. The molecule has 0 radical (unpaired) electrons. The molecule has 0 spiro atoms. The summed E-state index contributed by atoms with van der Waals surface area (Å²) in [5.74, 6) is 0.864. The standard InChI is InChI=1S/C13H11NO/c14-9-5-1-2-8-13-12-7-4-3-6-11(12)10-15-13/h2-4,6-8,10H,1,5H2/b8-2-. The average molecular weight is 197 g/mol. The summed E-state index contributed by atoms with van der Waals surface area (Å²) in [5, 5.41) is 10.6. The molecule has 0 atom stereocenters. The molecule has 0 aliphatic heterocycles. The number of fused-ring (bicyclic) bond motifs is 1. The van der Waals surface area contributed by atoms with E-state index >= 15 is 0 Å². The van der Waals surface area contributed by atoms with Crippen LogP contribution >= 0.6 is 0 Å². The summed E-state index contributed by atoms with van der Waals surface area (Å²) in [7, 11) is 0. The highest BCUT2D eigenvalue weighted by Gasteiger charge is 2.00. The van der Waals surface area contributed by atoms with Crippen molar-refractivity contribution in [3.05, 3.63) is 42.4 Å². The van der Waals surface area contributed by atoms with Crippen LogP contribution in [0, 0.1) is 11.3 Å². The van der Waals surface area contributed by atoms with E-state index in [-0.39, 0.29) is 0 Å². The van der Waals surface area contributed by atoms with Crippen molar-refractivity contribution < 1.29 is 4.42 Å². The number of hydrogen-bond acceptors (Lipinski definition) is 2. The van der Waals surface area contributed by atoms with Crippen LogP contribution in [-0.4, -0.2) is 0 Å². The van der Waals surface area contributed by atoms with E-state index in [1.807, 2.05) is 36.4 Å². The van der Waals surface area contributed by atoms with E-state index in [1.165, 1.54) is 0 Å². The Labute approximate surface area is 88.4 Å². The lowest BCUT2D eigenvalue weighted by atomic mass is 10.2. The van der Waals surface area contributed by atoms with Gasteiger partial charge in [-0.3, -0.25) is 0 Å². The van der Waals surface area contributed by atoms with Crippen molar-refractivity contribution in [3.63, 3.8) is 0 Å². The second-order valence-electron chi connectivity index (χ2n) is 3.29. The van der Waals surface area contributed by atoms with Gasteiger partial charge in [-0.2, -0.15) is 5.26 Å². The van der Waals surface area contributed by atoms with Crippen LogP contribution in [-0.2, 0) is 0 Å². The minimum absolute atomic E-state index is 0.551. The number of unbranched alkanes of at least 4 members (excludes halogenated alkanes) is 1. The molecule has 2 nitrogen and oxygen atoms in total. The highest BCUT2D eigenvalue weighted by atomic mass is 16.3. The van der Waals surface area contributed by atoms with Gasteiger partial charge in [0.1, 0.15) is 5.76 Å². The zero-order valence-electron chi connectivity index (χ0n) is 8.31. The molecule has 0 fully saturated rings. The Bertz CT molecular complexity index is 517. The molecule has 0 unspecified atom stereocenters. The third kappa shape index (κ3) is 2.08. The van der Waals surface area contributed by atoms with Crippen LogP contribution in [0.15, 0.2) is 41.0 Å². The summed E-state index contributed by atoms with van der Waals surface area (Å²) in [4.78, 5) is 0. The summed E-state index contributed by atoms with van der Waals surface area (Å²) < 4.78 is 5.43. The van der Waals surface area contributed by atoms with Crippen molar-refractivity contribution in [2.24, 2.45) is 0 Å². The molecule has 0 saturated heterocycles. The summed E-state index contributed by atoms with van der Waals surface area (Å²) in [6.07, 6.45) is 6.97. The lowest BCUT2D eigenvalue weighted by Gasteiger charge is -1.88. The molecule has 74 valence electrons. The first-order valence-corrected chi connectivity index (χ1v) is 4.91. The fourth-order valence-electron chi connectivity index (χ4n) is 1.48. The Hall–Kier alpha value is -2.01. The van der Waals surface area contributed by atoms with Crippen LogP contribution in [0.3, 0.4) is 0 Å². The summed E-state index contributed by atoms with van der Waals surface area (Å²) >= 11 is 0. The molecule has 1 heterocycles. The summed E-state index contributed by atoms with van der Waals surface area (Å²) in [6.45, 7) is 0. The number of nitriles is 1. The number of allylic oxidation sites excluding steroid dienone is 1. The predicted octanol–water partition coefficient (Wildman–Crippen LogP) is 3.75. The van der Waals surface area contributed by atoms with Crippen LogP contribution in [0.5, 0.6) is 0 Å². The molecule has 0 amide bonds. The lowest BCUT2D eigenvalue weighted by Crippen LogP contribution is -1.68. The molecular formula is C13H11NO. The molecule has 15 heavy (non-hydrogen) atoms. The first-order valence-electron chi connectivity index (χ1n) is 4.91. The van der Waals surface area contributed by atoms with E-state index in [2.05, 4.69) is 6.07 Å². The number of hydrogen-bond donors (Lipinski definition) is 0. The van der Waals surface area contributed by atoms with Gasteiger partial charge < -0.3 is 4.42 Å². The van der Waals surface area contributed by atoms with Gasteiger partial charge in [-0.05, 0) is 12.5 Å². The molecule has 0 aliphatic rings. The van der Waals surface area contributed by atoms with Gasteiger partial charge in [0.15, 0.2) is 0 Å². The summed E-state index contributed by atoms with van der Waals surface area (Å²) in [6, 6.07) is 10.1. The number of nitrogens with zero attached hydrogens (tertiary/aromatic N) is 1. The lowest BCUT2D eigenvalue weighted by molar-refractivity contribution is 0.562. The van der Waals surface area contributed by atoms with Crippen molar-refractivity contribution in [1.82, 2.24) is 0 Å². The zero-order chi connectivity index (χ0) is 10.5. The first-order chi connectivity index (χ1) is 7.42. The van der Waals surface area contributed by atoms with Crippen molar-refractivity contribution >= 4 is 16.8 Å². The maximum atomic E-state index is 8.39. The Morgan fingerprint density at radius 2 is 2.20 bits per heavy atom. The molecule has 2 aromatic rings. The fourth-order valence-corrected chi connectivity index (χ4v) is 1.48. The third-order valence-corrected chi connectivity index (χ3v) is 2.23. The average Bonchev–Trinajstić information content (AvgIpc) is 2.68. The molecule has 0 bridgehead atoms. The highest BCUT2D eigenvalue weighted by molar-refractivity contribution is 5.88. The molecule has 1 aromatic carbocycles. The molecule has 1 aromatic heterocycles. The van der Waals surface area contributed by atoms with Crippen LogP contribution < -0.4 is 0 Å². The molecule has 0 saturated carbocycles. The Morgan fingerprint density at radius 3 is 3.07 bits per heavy atom. The molecule has 2 heteroatoms. The second kappa shape index (κ2) is 4.47. The van der Waals surface area contributed by atoms with Crippen LogP contribution in [0.2, 0.25) is 0 Å². The topological polar surface area (TPSA) is 36.9 Å². The maximum Gasteiger partial charge on any atom is 0.134 e. The fraction of sp³-hybridized carbons (Fsp3) is 0.154. The quantitative estimate of drug-likeness (QED) is 0.702. The van der Waals surface area contributed by atoms with Crippen molar-refractivity contribution in [2.75, 3.05) is 0 Å².